The van der Waals surface area contributed by atoms with E-state index < -0.39 is 0 Å². The van der Waals surface area contributed by atoms with Crippen LogP contribution in [0.5, 0.6) is 0 Å². The number of H-pyrrole nitrogens is 1. The summed E-state index contributed by atoms with van der Waals surface area (Å²) in [4.78, 5) is 14.7. The smallest absolute Gasteiger partial charge is 0.222 e. The number of benzene rings is 1. The van der Waals surface area contributed by atoms with Gasteiger partial charge in [-0.25, -0.2) is 0 Å². The molecular formula is C15H17N3O. The number of carbonyl (C=O) groups excluding carboxylic acids is 1. The third-order valence-electron chi connectivity index (χ3n) is 2.99. The highest BCUT2D eigenvalue weighted by Gasteiger charge is 2.12. The fourth-order valence-corrected chi connectivity index (χ4v) is 2.12. The molecule has 0 aliphatic rings. The monoisotopic (exact) mass is 255 g/mol. The molecule has 0 bridgehead atoms. The number of nitrogens with one attached hydrogen (secondary N) is 2. The van der Waals surface area contributed by atoms with Gasteiger partial charge in [0, 0.05) is 29.6 Å². The van der Waals surface area contributed by atoms with Crippen molar-refractivity contribution in [3.63, 3.8) is 0 Å². The molecule has 1 aromatic heterocycles. The maximum absolute atomic E-state index is 11.5. The second kappa shape index (κ2) is 6.07. The molecule has 1 aromatic carbocycles. The molecule has 0 saturated carbocycles. The summed E-state index contributed by atoms with van der Waals surface area (Å²) in [5.41, 5.74) is 8.22. The maximum atomic E-state index is 11.5. The van der Waals surface area contributed by atoms with E-state index in [9.17, 15) is 4.79 Å². The Morgan fingerprint density at radius 3 is 3.05 bits per heavy atom. The molecule has 0 aliphatic heterocycles. The molecular weight excluding hydrogens is 238 g/mol. The number of fused-ring (bicyclic) bond motifs is 1. The second-order valence-electron chi connectivity index (χ2n) is 4.51. The molecule has 4 N–H and O–H groups in total. The van der Waals surface area contributed by atoms with Gasteiger partial charge in [-0.2, -0.15) is 0 Å². The van der Waals surface area contributed by atoms with Gasteiger partial charge in [0.05, 0.1) is 6.54 Å². The third kappa shape index (κ3) is 3.36. The molecule has 0 spiro atoms. The van der Waals surface area contributed by atoms with Crippen molar-refractivity contribution in [3.05, 3.63) is 36.0 Å². The van der Waals surface area contributed by atoms with Crippen LogP contribution in [-0.4, -0.2) is 23.5 Å². The van der Waals surface area contributed by atoms with E-state index in [0.29, 0.717) is 6.42 Å². The number of nitrogens with two attached hydrogens (primary N) is 1. The van der Waals surface area contributed by atoms with Crippen LogP contribution in [0.2, 0.25) is 0 Å². The van der Waals surface area contributed by atoms with Gasteiger partial charge in [0.15, 0.2) is 0 Å². The number of aromatic nitrogens is 1. The lowest BCUT2D eigenvalue weighted by atomic mass is 10.0. The zero-order valence-electron chi connectivity index (χ0n) is 10.6. The highest BCUT2D eigenvalue weighted by molar-refractivity contribution is 5.83. The third-order valence-corrected chi connectivity index (χ3v) is 2.99. The lowest BCUT2D eigenvalue weighted by Crippen LogP contribution is -2.33. The van der Waals surface area contributed by atoms with E-state index in [2.05, 4.69) is 16.2 Å². The topological polar surface area (TPSA) is 70.9 Å². The number of hydrogen-bond donors (Lipinski definition) is 3. The molecule has 2 aromatic rings. The number of amides is 1. The molecule has 4 heteroatoms. The minimum atomic E-state index is -0.211. The number of terminal acetylenes is 1. The van der Waals surface area contributed by atoms with E-state index in [0.717, 1.165) is 16.5 Å². The Bertz CT molecular complexity index is 609. The van der Waals surface area contributed by atoms with E-state index in [4.69, 9.17) is 12.2 Å². The Morgan fingerprint density at radius 2 is 2.26 bits per heavy atom. The van der Waals surface area contributed by atoms with Gasteiger partial charge in [0.25, 0.3) is 0 Å². The Labute approximate surface area is 112 Å². The first-order chi connectivity index (χ1) is 9.20. The van der Waals surface area contributed by atoms with E-state index in [1.54, 1.807) is 0 Å². The minimum Gasteiger partial charge on any atom is -0.361 e. The molecule has 0 fully saturated rings. The summed E-state index contributed by atoms with van der Waals surface area (Å²) in [7, 11) is 0. The Hall–Kier alpha value is -2.25. The van der Waals surface area contributed by atoms with Crippen molar-refractivity contribution in [3.8, 4) is 12.3 Å². The van der Waals surface area contributed by atoms with Crippen molar-refractivity contribution >= 4 is 16.8 Å². The Kier molecular flexibility index (Phi) is 4.22. The summed E-state index contributed by atoms with van der Waals surface area (Å²) in [6.45, 7) is 0.249. The maximum Gasteiger partial charge on any atom is 0.222 e. The lowest BCUT2D eigenvalue weighted by Gasteiger charge is -2.10. The first-order valence-corrected chi connectivity index (χ1v) is 6.21. The standard InChI is InChI=1S/C15H17N3O/c1-2-7-17-15(19)9-12(16)8-11-10-18-14-6-4-3-5-13(11)14/h1,3-6,10,12,18H,7-9,16H2,(H,17,19)/t12-/m1/s1. The Balaban J connectivity index is 1.97. The van der Waals surface area contributed by atoms with Gasteiger partial charge in [-0.05, 0) is 18.1 Å². The summed E-state index contributed by atoms with van der Waals surface area (Å²) in [5.74, 6) is 2.26. The molecule has 98 valence electrons. The van der Waals surface area contributed by atoms with Crippen LogP contribution in [0.3, 0.4) is 0 Å². The fraction of sp³-hybridized carbons (Fsp3) is 0.267. The van der Waals surface area contributed by atoms with Gasteiger partial charge in [-0.1, -0.05) is 24.1 Å². The van der Waals surface area contributed by atoms with Crippen LogP contribution in [0.15, 0.2) is 30.5 Å². The van der Waals surface area contributed by atoms with Crippen LogP contribution in [0, 0.1) is 12.3 Å². The molecule has 0 saturated heterocycles. The molecule has 0 radical (unpaired) electrons. The zero-order chi connectivity index (χ0) is 13.7. The van der Waals surface area contributed by atoms with E-state index in [1.165, 1.54) is 0 Å². The average molecular weight is 255 g/mol. The molecule has 1 amide bonds. The number of carbonyl (C=O) groups is 1. The normalized spacial score (nSPS) is 12.0. The van der Waals surface area contributed by atoms with Crippen molar-refractivity contribution in [2.45, 2.75) is 18.9 Å². The molecule has 2 rings (SSSR count). The molecule has 1 heterocycles. The van der Waals surface area contributed by atoms with E-state index in [1.807, 2.05) is 30.5 Å². The van der Waals surface area contributed by atoms with Gasteiger partial charge in [0.2, 0.25) is 5.91 Å². The van der Waals surface area contributed by atoms with E-state index >= 15 is 0 Å². The summed E-state index contributed by atoms with van der Waals surface area (Å²) in [5, 5.41) is 3.77. The van der Waals surface area contributed by atoms with Gasteiger partial charge in [-0.3, -0.25) is 4.79 Å². The van der Waals surface area contributed by atoms with Crippen LogP contribution in [0.1, 0.15) is 12.0 Å². The molecule has 19 heavy (non-hydrogen) atoms. The molecule has 0 aliphatic carbocycles. The van der Waals surface area contributed by atoms with Crippen molar-refractivity contribution < 1.29 is 4.79 Å². The predicted octanol–water partition coefficient (Wildman–Crippen LogP) is 1.18. The molecule has 4 nitrogen and oxygen atoms in total. The largest absolute Gasteiger partial charge is 0.361 e. The quantitative estimate of drug-likeness (QED) is 0.702. The van der Waals surface area contributed by atoms with Crippen molar-refractivity contribution in [2.24, 2.45) is 5.73 Å². The van der Waals surface area contributed by atoms with Crippen LogP contribution in [0.25, 0.3) is 10.9 Å². The highest BCUT2D eigenvalue weighted by Crippen LogP contribution is 2.19. The summed E-state index contributed by atoms with van der Waals surface area (Å²) in [6.07, 6.45) is 7.97. The fourth-order valence-electron chi connectivity index (χ4n) is 2.12. The van der Waals surface area contributed by atoms with E-state index in [-0.39, 0.29) is 24.9 Å². The number of hydrogen-bond acceptors (Lipinski definition) is 2. The summed E-state index contributed by atoms with van der Waals surface area (Å²) in [6, 6.07) is 7.83. The lowest BCUT2D eigenvalue weighted by molar-refractivity contribution is -0.121. The number of para-hydroxylation sites is 1. The highest BCUT2D eigenvalue weighted by atomic mass is 16.1. The Morgan fingerprint density at radius 1 is 1.47 bits per heavy atom. The number of rotatable bonds is 5. The first-order valence-electron chi connectivity index (χ1n) is 6.21. The van der Waals surface area contributed by atoms with Gasteiger partial charge in [0.1, 0.15) is 0 Å². The van der Waals surface area contributed by atoms with Crippen molar-refractivity contribution in [1.29, 1.82) is 0 Å². The van der Waals surface area contributed by atoms with Gasteiger partial charge in [-0.15, -0.1) is 6.42 Å². The average Bonchev–Trinajstić information content (AvgIpc) is 2.80. The van der Waals surface area contributed by atoms with Crippen LogP contribution < -0.4 is 11.1 Å². The van der Waals surface area contributed by atoms with Crippen LogP contribution >= 0.6 is 0 Å². The first kappa shape index (κ1) is 13.2. The van der Waals surface area contributed by atoms with Gasteiger partial charge < -0.3 is 16.0 Å². The number of aromatic amines is 1. The molecule has 0 unspecified atom stereocenters. The summed E-state index contributed by atoms with van der Waals surface area (Å²) < 4.78 is 0. The van der Waals surface area contributed by atoms with Crippen LogP contribution in [0.4, 0.5) is 0 Å². The second-order valence-corrected chi connectivity index (χ2v) is 4.51. The summed E-state index contributed by atoms with van der Waals surface area (Å²) >= 11 is 0. The zero-order valence-corrected chi connectivity index (χ0v) is 10.6. The SMILES string of the molecule is C#CCNC(=O)C[C@H](N)Cc1c[nH]c2ccccc12. The van der Waals surface area contributed by atoms with Crippen molar-refractivity contribution in [2.75, 3.05) is 6.54 Å². The van der Waals surface area contributed by atoms with Gasteiger partial charge >= 0.3 is 0 Å². The van der Waals surface area contributed by atoms with Crippen LogP contribution in [-0.2, 0) is 11.2 Å². The minimum absolute atomic E-state index is 0.106. The predicted molar refractivity (Wildman–Crippen MR) is 76.4 cm³/mol. The van der Waals surface area contributed by atoms with Crippen molar-refractivity contribution in [1.82, 2.24) is 10.3 Å². The molecule has 1 atom stereocenters.